The lowest BCUT2D eigenvalue weighted by Gasteiger charge is -2.29. The first kappa shape index (κ1) is 28.0. The molecular formula is C30H42O4. The summed E-state index contributed by atoms with van der Waals surface area (Å²) < 4.78 is 13.0. The van der Waals surface area contributed by atoms with Gasteiger partial charge in [-0.3, -0.25) is 0 Å². The number of benzene rings is 2. The number of hydrogen-bond donors (Lipinski definition) is 2. The molecule has 0 aliphatic rings. The van der Waals surface area contributed by atoms with E-state index in [9.17, 15) is 10.2 Å². The van der Waals surface area contributed by atoms with Crippen LogP contribution >= 0.6 is 0 Å². The number of aliphatic hydroxyl groups is 2. The standard InChI is InChI=1S/C30H42O4/c1-23(2)21-29(25-11-7-5-8-12-25)33-27(17-19-31)15-16-28(18-20-32)34-30(22-24(3)4)26-13-9-6-10-14-26/h5-14,27-32H,1,3,15-22H2,2,4H3/t27-,28+,29+,30-. The Bertz CT molecular complexity index is 762. The number of rotatable bonds is 17. The van der Waals surface area contributed by atoms with Gasteiger partial charge in [0.05, 0.1) is 24.4 Å². The zero-order chi connectivity index (χ0) is 24.8. The third kappa shape index (κ3) is 10.4. The summed E-state index contributed by atoms with van der Waals surface area (Å²) >= 11 is 0. The van der Waals surface area contributed by atoms with E-state index >= 15 is 0 Å². The van der Waals surface area contributed by atoms with Gasteiger partial charge >= 0.3 is 0 Å². The molecule has 0 radical (unpaired) electrons. The van der Waals surface area contributed by atoms with E-state index in [2.05, 4.69) is 37.4 Å². The van der Waals surface area contributed by atoms with Crippen LogP contribution in [0, 0.1) is 0 Å². The molecule has 0 bridgehead atoms. The summed E-state index contributed by atoms with van der Waals surface area (Å²) in [7, 11) is 0. The van der Waals surface area contributed by atoms with Crippen molar-refractivity contribution in [1.29, 1.82) is 0 Å². The molecule has 2 aromatic carbocycles. The predicted molar refractivity (Wildman–Crippen MR) is 140 cm³/mol. The fourth-order valence-electron chi connectivity index (χ4n) is 4.14. The molecule has 4 heteroatoms. The molecule has 186 valence electrons. The highest BCUT2D eigenvalue weighted by Crippen LogP contribution is 2.31. The number of hydrogen-bond acceptors (Lipinski definition) is 4. The molecule has 0 saturated heterocycles. The molecule has 0 aliphatic heterocycles. The van der Waals surface area contributed by atoms with E-state index < -0.39 is 0 Å². The van der Waals surface area contributed by atoms with Gasteiger partial charge in [0.2, 0.25) is 0 Å². The van der Waals surface area contributed by atoms with Crippen molar-refractivity contribution in [3.8, 4) is 0 Å². The monoisotopic (exact) mass is 466 g/mol. The SMILES string of the molecule is C=C(C)C[C@H](O[C@@H](CCO)CC[C@@H](CCO)O[C@H](CC(=C)C)c1ccccc1)c1ccccc1. The average Bonchev–Trinajstić information content (AvgIpc) is 2.82. The van der Waals surface area contributed by atoms with Crippen LogP contribution in [-0.4, -0.2) is 35.6 Å². The van der Waals surface area contributed by atoms with Gasteiger partial charge in [0, 0.05) is 13.2 Å². The van der Waals surface area contributed by atoms with Crippen LogP contribution in [0.5, 0.6) is 0 Å². The second kappa shape index (κ2) is 15.6. The van der Waals surface area contributed by atoms with Crippen molar-refractivity contribution in [2.75, 3.05) is 13.2 Å². The molecule has 0 amide bonds. The molecule has 4 atom stereocenters. The van der Waals surface area contributed by atoms with Crippen molar-refractivity contribution in [2.24, 2.45) is 0 Å². The lowest BCUT2D eigenvalue weighted by atomic mass is 10.00. The zero-order valence-electron chi connectivity index (χ0n) is 20.9. The van der Waals surface area contributed by atoms with Crippen molar-refractivity contribution in [3.63, 3.8) is 0 Å². The Morgan fingerprint density at radius 3 is 1.29 bits per heavy atom. The summed E-state index contributed by atoms with van der Waals surface area (Å²) in [5.41, 5.74) is 4.34. The van der Waals surface area contributed by atoms with Gasteiger partial charge in [-0.15, -0.1) is 13.2 Å². The van der Waals surface area contributed by atoms with Crippen molar-refractivity contribution in [1.82, 2.24) is 0 Å². The van der Waals surface area contributed by atoms with E-state index in [4.69, 9.17) is 9.47 Å². The van der Waals surface area contributed by atoms with Gasteiger partial charge in [-0.25, -0.2) is 0 Å². The van der Waals surface area contributed by atoms with Crippen molar-refractivity contribution < 1.29 is 19.7 Å². The van der Waals surface area contributed by atoms with Crippen molar-refractivity contribution >= 4 is 0 Å². The molecule has 0 aliphatic carbocycles. The molecular weight excluding hydrogens is 424 g/mol. The molecule has 34 heavy (non-hydrogen) atoms. The Labute approximate surface area is 205 Å². The second-order valence-corrected chi connectivity index (χ2v) is 9.24. The molecule has 0 spiro atoms. The average molecular weight is 467 g/mol. The topological polar surface area (TPSA) is 58.9 Å². The highest BCUT2D eigenvalue weighted by molar-refractivity contribution is 5.20. The Morgan fingerprint density at radius 1 is 0.647 bits per heavy atom. The van der Waals surface area contributed by atoms with Gasteiger partial charge in [-0.05, 0) is 63.5 Å². The van der Waals surface area contributed by atoms with E-state index in [-0.39, 0.29) is 37.6 Å². The first-order chi connectivity index (χ1) is 16.4. The maximum absolute atomic E-state index is 9.69. The fourth-order valence-corrected chi connectivity index (χ4v) is 4.14. The van der Waals surface area contributed by atoms with Gasteiger partial charge in [0.25, 0.3) is 0 Å². The minimum absolute atomic E-state index is 0.0626. The Kier molecular flexibility index (Phi) is 12.9. The summed E-state index contributed by atoms with van der Waals surface area (Å²) in [5, 5.41) is 19.4. The highest BCUT2D eigenvalue weighted by atomic mass is 16.5. The van der Waals surface area contributed by atoms with Gasteiger partial charge < -0.3 is 19.7 Å². The Morgan fingerprint density at radius 2 is 1.00 bits per heavy atom. The lowest BCUT2D eigenvalue weighted by molar-refractivity contribution is -0.0573. The summed E-state index contributed by atoms with van der Waals surface area (Å²) in [6, 6.07) is 20.3. The normalized spacial score (nSPS) is 14.8. The maximum Gasteiger partial charge on any atom is 0.0865 e. The van der Waals surface area contributed by atoms with Crippen molar-refractivity contribution in [3.05, 3.63) is 96.1 Å². The largest absolute Gasteiger partial charge is 0.396 e. The lowest BCUT2D eigenvalue weighted by Crippen LogP contribution is -2.24. The molecule has 0 saturated carbocycles. The summed E-state index contributed by atoms with van der Waals surface area (Å²) in [5.74, 6) is 0. The van der Waals surface area contributed by atoms with Crippen LogP contribution in [-0.2, 0) is 9.47 Å². The van der Waals surface area contributed by atoms with E-state index in [1.54, 1.807) is 0 Å². The molecule has 2 rings (SSSR count). The van der Waals surface area contributed by atoms with E-state index in [1.165, 1.54) is 0 Å². The van der Waals surface area contributed by atoms with Gasteiger partial charge in [0.15, 0.2) is 0 Å². The van der Waals surface area contributed by atoms with Crippen LogP contribution in [0.4, 0.5) is 0 Å². The predicted octanol–water partition coefficient (Wildman–Crippen LogP) is 6.72. The molecule has 0 fully saturated rings. The molecule has 2 N–H and O–H groups in total. The molecule has 2 aromatic rings. The van der Waals surface area contributed by atoms with Gasteiger partial charge in [0.1, 0.15) is 0 Å². The van der Waals surface area contributed by atoms with Crippen LogP contribution in [0.15, 0.2) is 85.0 Å². The molecule has 0 unspecified atom stereocenters. The number of aliphatic hydroxyl groups excluding tert-OH is 2. The molecule has 0 aromatic heterocycles. The first-order valence-electron chi connectivity index (χ1n) is 12.3. The van der Waals surface area contributed by atoms with Crippen LogP contribution in [0.3, 0.4) is 0 Å². The van der Waals surface area contributed by atoms with Gasteiger partial charge in [-0.1, -0.05) is 71.8 Å². The van der Waals surface area contributed by atoms with Crippen molar-refractivity contribution in [2.45, 2.75) is 76.8 Å². The van der Waals surface area contributed by atoms with Crippen LogP contribution in [0.1, 0.15) is 75.7 Å². The maximum atomic E-state index is 9.69. The highest BCUT2D eigenvalue weighted by Gasteiger charge is 2.23. The summed E-state index contributed by atoms with van der Waals surface area (Å²) in [4.78, 5) is 0. The molecule has 0 heterocycles. The van der Waals surface area contributed by atoms with E-state index in [0.29, 0.717) is 12.8 Å². The first-order valence-corrected chi connectivity index (χ1v) is 12.3. The quantitative estimate of drug-likeness (QED) is 0.254. The zero-order valence-corrected chi connectivity index (χ0v) is 20.9. The number of ether oxygens (including phenoxy) is 2. The minimum Gasteiger partial charge on any atom is -0.396 e. The van der Waals surface area contributed by atoms with Crippen LogP contribution in [0.2, 0.25) is 0 Å². The van der Waals surface area contributed by atoms with Crippen LogP contribution in [0.25, 0.3) is 0 Å². The summed E-state index contributed by atoms with van der Waals surface area (Å²) in [6.07, 6.45) is 3.61. The van der Waals surface area contributed by atoms with E-state index in [0.717, 1.165) is 48.0 Å². The van der Waals surface area contributed by atoms with E-state index in [1.807, 2.05) is 50.2 Å². The second-order valence-electron chi connectivity index (χ2n) is 9.24. The Hall–Kier alpha value is -2.24. The fraction of sp³-hybridized carbons (Fsp3) is 0.467. The van der Waals surface area contributed by atoms with Gasteiger partial charge in [-0.2, -0.15) is 0 Å². The Balaban J connectivity index is 2.09. The smallest absolute Gasteiger partial charge is 0.0865 e. The third-order valence-corrected chi connectivity index (χ3v) is 5.84. The third-order valence-electron chi connectivity index (χ3n) is 5.84. The van der Waals surface area contributed by atoms with Crippen LogP contribution < -0.4 is 0 Å². The minimum atomic E-state index is -0.115. The molecule has 4 nitrogen and oxygen atoms in total. The summed E-state index contributed by atoms with van der Waals surface area (Å²) in [6.45, 7) is 12.3.